The standard InChI is InChI=1S/C15H18N2O2/c1-9-4-5-10(2)12(6-9)13-8-16-15(17-13)11(3)7-14(18)19/h4-6,8,11H,7H2,1-3H3,(H,16,17)(H,18,19). The quantitative estimate of drug-likeness (QED) is 0.884. The summed E-state index contributed by atoms with van der Waals surface area (Å²) in [5.41, 5.74) is 4.41. The number of nitrogens with one attached hydrogen (secondary N) is 1. The summed E-state index contributed by atoms with van der Waals surface area (Å²) in [6, 6.07) is 6.25. The number of aliphatic carboxylic acids is 1. The van der Waals surface area contributed by atoms with Crippen LogP contribution in [0.3, 0.4) is 0 Å². The van der Waals surface area contributed by atoms with Gasteiger partial charge in [-0.15, -0.1) is 0 Å². The summed E-state index contributed by atoms with van der Waals surface area (Å²) in [7, 11) is 0. The van der Waals surface area contributed by atoms with Gasteiger partial charge in [-0.2, -0.15) is 0 Å². The van der Waals surface area contributed by atoms with Gasteiger partial charge in [-0.25, -0.2) is 4.98 Å². The van der Waals surface area contributed by atoms with Crippen LogP contribution in [0.2, 0.25) is 0 Å². The first-order chi connectivity index (χ1) is 8.97. The fraction of sp³-hybridized carbons (Fsp3) is 0.333. The zero-order chi connectivity index (χ0) is 14.0. The predicted molar refractivity (Wildman–Crippen MR) is 74.2 cm³/mol. The molecule has 2 aromatic rings. The van der Waals surface area contributed by atoms with Crippen molar-refractivity contribution in [1.29, 1.82) is 0 Å². The molecule has 4 nitrogen and oxygen atoms in total. The van der Waals surface area contributed by atoms with E-state index in [1.165, 1.54) is 11.1 Å². The Balaban J connectivity index is 2.30. The van der Waals surface area contributed by atoms with Gasteiger partial charge in [-0.1, -0.05) is 24.6 Å². The highest BCUT2D eigenvalue weighted by molar-refractivity contribution is 5.68. The predicted octanol–water partition coefficient (Wildman–Crippen LogP) is 3.27. The average Bonchev–Trinajstić information content (AvgIpc) is 2.80. The molecule has 2 rings (SSSR count). The van der Waals surface area contributed by atoms with Gasteiger partial charge in [0.1, 0.15) is 5.82 Å². The Morgan fingerprint density at radius 3 is 2.84 bits per heavy atom. The number of hydrogen-bond acceptors (Lipinski definition) is 2. The molecule has 0 aliphatic carbocycles. The molecule has 0 aliphatic heterocycles. The fourth-order valence-corrected chi connectivity index (χ4v) is 2.11. The van der Waals surface area contributed by atoms with E-state index in [0.29, 0.717) is 0 Å². The zero-order valence-electron chi connectivity index (χ0n) is 11.4. The molecule has 0 fully saturated rings. The first-order valence-electron chi connectivity index (χ1n) is 6.31. The lowest BCUT2D eigenvalue weighted by Gasteiger charge is -2.06. The van der Waals surface area contributed by atoms with Crippen molar-refractivity contribution in [3.05, 3.63) is 41.3 Å². The lowest BCUT2D eigenvalue weighted by molar-refractivity contribution is -0.137. The number of aromatic nitrogens is 2. The van der Waals surface area contributed by atoms with Crippen molar-refractivity contribution in [1.82, 2.24) is 9.97 Å². The summed E-state index contributed by atoms with van der Waals surface area (Å²) in [5.74, 6) is -0.202. The Kier molecular flexibility index (Phi) is 3.69. The van der Waals surface area contributed by atoms with Gasteiger partial charge in [-0.3, -0.25) is 4.79 Å². The van der Waals surface area contributed by atoms with Crippen LogP contribution in [-0.4, -0.2) is 21.0 Å². The van der Waals surface area contributed by atoms with Crippen LogP contribution in [0.4, 0.5) is 0 Å². The van der Waals surface area contributed by atoms with Crippen molar-refractivity contribution in [2.45, 2.75) is 33.1 Å². The lowest BCUT2D eigenvalue weighted by atomic mass is 10.0. The molecule has 1 unspecified atom stereocenters. The Labute approximate surface area is 112 Å². The molecule has 100 valence electrons. The van der Waals surface area contributed by atoms with Gasteiger partial charge >= 0.3 is 5.97 Å². The number of imidazole rings is 1. The molecule has 1 aromatic heterocycles. The van der Waals surface area contributed by atoms with E-state index in [-0.39, 0.29) is 12.3 Å². The van der Waals surface area contributed by atoms with Crippen LogP contribution in [0.1, 0.15) is 36.2 Å². The van der Waals surface area contributed by atoms with Crippen LogP contribution in [0, 0.1) is 13.8 Å². The van der Waals surface area contributed by atoms with E-state index in [2.05, 4.69) is 35.1 Å². The van der Waals surface area contributed by atoms with Gasteiger partial charge in [0, 0.05) is 11.5 Å². The monoisotopic (exact) mass is 258 g/mol. The van der Waals surface area contributed by atoms with Crippen molar-refractivity contribution in [3.8, 4) is 11.3 Å². The number of rotatable bonds is 4. The highest BCUT2D eigenvalue weighted by atomic mass is 16.4. The molecule has 0 saturated carbocycles. The smallest absolute Gasteiger partial charge is 0.304 e. The van der Waals surface area contributed by atoms with Crippen molar-refractivity contribution in [2.75, 3.05) is 0 Å². The van der Waals surface area contributed by atoms with E-state index in [0.717, 1.165) is 17.1 Å². The highest BCUT2D eigenvalue weighted by Gasteiger charge is 2.14. The molecule has 1 heterocycles. The summed E-state index contributed by atoms with van der Waals surface area (Å²) in [5, 5.41) is 8.81. The number of carboxylic acids is 1. The molecular formula is C15H18N2O2. The van der Waals surface area contributed by atoms with Crippen LogP contribution in [-0.2, 0) is 4.79 Å². The summed E-state index contributed by atoms with van der Waals surface area (Å²) in [6.07, 6.45) is 1.86. The van der Waals surface area contributed by atoms with Crippen molar-refractivity contribution < 1.29 is 9.90 Å². The van der Waals surface area contributed by atoms with Crippen molar-refractivity contribution in [3.63, 3.8) is 0 Å². The van der Waals surface area contributed by atoms with Crippen LogP contribution in [0.25, 0.3) is 11.3 Å². The third-order valence-electron chi connectivity index (χ3n) is 3.23. The molecule has 0 aliphatic rings. The average molecular weight is 258 g/mol. The number of aromatic amines is 1. The highest BCUT2D eigenvalue weighted by Crippen LogP contribution is 2.25. The molecule has 0 amide bonds. The van der Waals surface area contributed by atoms with Gasteiger partial charge < -0.3 is 10.1 Å². The Morgan fingerprint density at radius 1 is 1.42 bits per heavy atom. The number of nitrogens with zero attached hydrogens (tertiary/aromatic N) is 1. The Morgan fingerprint density at radius 2 is 2.16 bits per heavy atom. The molecule has 0 saturated heterocycles. The minimum Gasteiger partial charge on any atom is -0.481 e. The van der Waals surface area contributed by atoms with E-state index < -0.39 is 5.97 Å². The SMILES string of the molecule is Cc1ccc(C)c(-c2cnc(C(C)CC(=O)O)[nH]2)c1. The molecule has 0 spiro atoms. The maximum atomic E-state index is 10.7. The van der Waals surface area contributed by atoms with Gasteiger partial charge in [0.25, 0.3) is 0 Å². The first-order valence-corrected chi connectivity index (χ1v) is 6.31. The normalized spacial score (nSPS) is 12.4. The molecule has 2 N–H and O–H groups in total. The number of H-pyrrole nitrogens is 1. The van der Waals surface area contributed by atoms with E-state index in [1.54, 1.807) is 6.20 Å². The maximum Gasteiger partial charge on any atom is 0.304 e. The molecule has 1 aromatic carbocycles. The van der Waals surface area contributed by atoms with Crippen molar-refractivity contribution >= 4 is 5.97 Å². The van der Waals surface area contributed by atoms with Gasteiger partial charge in [-0.05, 0) is 25.5 Å². The third-order valence-corrected chi connectivity index (χ3v) is 3.23. The molecule has 1 atom stereocenters. The number of carboxylic acid groups (broad SMARTS) is 1. The van der Waals surface area contributed by atoms with Crippen LogP contribution >= 0.6 is 0 Å². The van der Waals surface area contributed by atoms with E-state index in [1.807, 2.05) is 13.8 Å². The maximum absolute atomic E-state index is 10.7. The van der Waals surface area contributed by atoms with Crippen LogP contribution in [0.15, 0.2) is 24.4 Å². The van der Waals surface area contributed by atoms with E-state index in [4.69, 9.17) is 5.11 Å². The second kappa shape index (κ2) is 5.26. The molecule has 19 heavy (non-hydrogen) atoms. The molecule has 4 heteroatoms. The lowest BCUT2D eigenvalue weighted by Crippen LogP contribution is -2.04. The number of hydrogen-bond donors (Lipinski definition) is 2. The summed E-state index contributed by atoms with van der Waals surface area (Å²) >= 11 is 0. The van der Waals surface area contributed by atoms with Gasteiger partial charge in [0.05, 0.1) is 18.3 Å². The molecule has 0 radical (unpaired) electrons. The number of benzene rings is 1. The Bertz CT molecular complexity index is 602. The second-order valence-corrected chi connectivity index (χ2v) is 5.00. The summed E-state index contributed by atoms with van der Waals surface area (Å²) < 4.78 is 0. The molecule has 0 bridgehead atoms. The minimum atomic E-state index is -0.808. The third kappa shape index (κ3) is 3.02. The van der Waals surface area contributed by atoms with Gasteiger partial charge in [0.2, 0.25) is 0 Å². The summed E-state index contributed by atoms with van der Waals surface area (Å²) in [4.78, 5) is 18.2. The number of carbonyl (C=O) groups is 1. The largest absolute Gasteiger partial charge is 0.481 e. The van der Waals surface area contributed by atoms with Crippen LogP contribution in [0.5, 0.6) is 0 Å². The minimum absolute atomic E-state index is 0.0831. The van der Waals surface area contributed by atoms with Crippen molar-refractivity contribution in [2.24, 2.45) is 0 Å². The Hall–Kier alpha value is -2.10. The zero-order valence-corrected chi connectivity index (χ0v) is 11.4. The van der Waals surface area contributed by atoms with E-state index in [9.17, 15) is 4.79 Å². The topological polar surface area (TPSA) is 66.0 Å². The van der Waals surface area contributed by atoms with Gasteiger partial charge in [0.15, 0.2) is 0 Å². The summed E-state index contributed by atoms with van der Waals surface area (Å²) in [6.45, 7) is 5.96. The first kappa shape index (κ1) is 13.3. The molecular weight excluding hydrogens is 240 g/mol. The van der Waals surface area contributed by atoms with E-state index >= 15 is 0 Å². The fourth-order valence-electron chi connectivity index (χ4n) is 2.11. The number of aryl methyl sites for hydroxylation is 2. The van der Waals surface area contributed by atoms with Crippen LogP contribution < -0.4 is 0 Å². The second-order valence-electron chi connectivity index (χ2n) is 5.00.